The number of aromatic nitrogens is 8. The summed E-state index contributed by atoms with van der Waals surface area (Å²) in [5.74, 6) is 1.44. The van der Waals surface area contributed by atoms with Crippen molar-refractivity contribution in [3.05, 3.63) is 485 Å². The van der Waals surface area contributed by atoms with Gasteiger partial charge in [0.1, 0.15) is 44.7 Å². The topological polar surface area (TPSA) is 156 Å². The Labute approximate surface area is 803 Å². The molecule has 9 heterocycles. The van der Waals surface area contributed by atoms with Crippen molar-refractivity contribution in [1.82, 2.24) is 39.9 Å². The minimum absolute atomic E-state index is 0.719. The Kier molecular flexibility index (Phi) is 21.3. The highest BCUT2D eigenvalue weighted by atomic mass is 16.3. The standard InChI is InChI=1S/4C32H20N2O/c1-3-11-21(12-4-1)29-30(22-13-5-2-6-14-22)34-31-24(16-10-19-27(31)33-29)26-18-9-17-25-23-15-7-8-20-28(23)35-32(25)26;1-3-10-21(11-4-1)30-27-20-23(18-19-28(27)33-32(34-30)22-12-5-2-6-13-22)24-15-9-16-26-25-14-7-8-17-29(25)35-31(24)26;1-3-10-21(11-4-1)30-27-19-18-23(20-28(27)33-32(34-30)22-12-5-2-6-13-22)24-15-9-16-26-25-14-7-8-17-29(25)35-31(24)26;1-2-8-23(9-3-1)31-27-13-7-19-33-29(27)20-28(34-31)22-17-15-21(16-18-22)24-11-6-12-26-25-10-4-5-14-30(25)35-32(24)26/h4*1-20H. The fourth-order valence-corrected chi connectivity index (χ4v) is 19.3. The summed E-state index contributed by atoms with van der Waals surface area (Å²) >= 11 is 0. The van der Waals surface area contributed by atoms with E-state index in [2.05, 4.69) is 254 Å². The van der Waals surface area contributed by atoms with Gasteiger partial charge in [-0.15, -0.1) is 0 Å². The minimum atomic E-state index is 0.719. The lowest BCUT2D eigenvalue weighted by atomic mass is 9.98. The molecule has 0 fully saturated rings. The Balaban J connectivity index is 0.0000000985. The number of para-hydroxylation sites is 9. The van der Waals surface area contributed by atoms with E-state index in [-0.39, 0.29) is 0 Å². The monoisotopic (exact) mass is 1790 g/mol. The lowest BCUT2D eigenvalue weighted by Crippen LogP contribution is -1.97. The van der Waals surface area contributed by atoms with E-state index in [1.165, 1.54) is 0 Å². The van der Waals surface area contributed by atoms with E-state index in [0.29, 0.717) is 0 Å². The highest BCUT2D eigenvalue weighted by molar-refractivity contribution is 6.15. The molecule has 12 heteroatoms. The zero-order valence-corrected chi connectivity index (χ0v) is 75.4. The van der Waals surface area contributed by atoms with Crippen LogP contribution in [-0.4, -0.2) is 39.9 Å². The first-order chi connectivity index (χ1) is 69.4. The van der Waals surface area contributed by atoms with E-state index in [1.807, 2.05) is 237 Å². The van der Waals surface area contributed by atoms with Gasteiger partial charge in [0.25, 0.3) is 0 Å². The number of nitrogens with zero attached hydrogens (tertiary/aromatic N) is 8. The van der Waals surface area contributed by atoms with Crippen LogP contribution >= 0.6 is 0 Å². The molecule has 0 aliphatic carbocycles. The van der Waals surface area contributed by atoms with Gasteiger partial charge in [0, 0.05) is 138 Å². The van der Waals surface area contributed by atoms with Gasteiger partial charge in [-0.2, -0.15) is 0 Å². The Bertz CT molecular complexity index is 9550. The van der Waals surface area contributed by atoms with E-state index < -0.39 is 0 Å². The van der Waals surface area contributed by atoms with Gasteiger partial charge in [0.2, 0.25) is 0 Å². The van der Waals surface area contributed by atoms with Crippen molar-refractivity contribution in [3.63, 3.8) is 0 Å². The summed E-state index contributed by atoms with van der Waals surface area (Å²) in [5.41, 5.74) is 34.0. The molecule has 0 aliphatic rings. The SMILES string of the molecule is c1ccc(-c2nc(-c3ccc(-c4cccc5c4oc4ccccc45)cc3)cc3ncccc23)cc1.c1ccc(-c2nc(-c3ccccc3)c3cc(-c4cccc5c4oc4ccccc45)ccc3n2)cc1.c1ccc(-c2nc(-c3ccccc3)c3ccc(-c4cccc5c4oc4ccccc45)cc3n2)cc1.c1ccc(-c2nc3cccc(-c4cccc5c4oc4ccccc45)c3nc2-c2ccccc2)cc1. The first-order valence-electron chi connectivity index (χ1n) is 46.7. The zero-order valence-electron chi connectivity index (χ0n) is 75.4. The van der Waals surface area contributed by atoms with Gasteiger partial charge < -0.3 is 17.7 Å². The largest absolute Gasteiger partial charge is 0.455 e. The summed E-state index contributed by atoms with van der Waals surface area (Å²) in [7, 11) is 0. The highest BCUT2D eigenvalue weighted by Gasteiger charge is 2.24. The molecule has 19 aromatic carbocycles. The van der Waals surface area contributed by atoms with Gasteiger partial charge >= 0.3 is 0 Å². The lowest BCUT2D eigenvalue weighted by Gasteiger charge is -2.13. The second-order valence-electron chi connectivity index (χ2n) is 34.5. The summed E-state index contributed by atoms with van der Waals surface area (Å²) in [4.78, 5) is 40.0. The molecule has 0 bridgehead atoms. The molecule has 0 saturated carbocycles. The molecule has 656 valence electrons. The van der Waals surface area contributed by atoms with Crippen LogP contribution in [0.25, 0.3) is 266 Å². The van der Waals surface area contributed by atoms with E-state index >= 15 is 0 Å². The molecule has 140 heavy (non-hydrogen) atoms. The van der Waals surface area contributed by atoms with Crippen LogP contribution in [0.5, 0.6) is 0 Å². The first kappa shape index (κ1) is 82.8. The van der Waals surface area contributed by atoms with Gasteiger partial charge in [-0.3, -0.25) is 4.98 Å². The summed E-state index contributed by atoms with van der Waals surface area (Å²) in [6.45, 7) is 0. The van der Waals surface area contributed by atoms with Gasteiger partial charge in [-0.1, -0.05) is 406 Å². The minimum Gasteiger partial charge on any atom is -0.455 e. The van der Waals surface area contributed by atoms with Crippen LogP contribution in [0.3, 0.4) is 0 Å². The summed E-state index contributed by atoms with van der Waals surface area (Å²) in [6, 6.07) is 163. The molecule has 0 aliphatic heterocycles. The fraction of sp³-hybridized carbons (Fsp3) is 0. The maximum Gasteiger partial charge on any atom is 0.160 e. The van der Waals surface area contributed by atoms with Crippen molar-refractivity contribution in [2.45, 2.75) is 0 Å². The molecule has 0 saturated heterocycles. The van der Waals surface area contributed by atoms with Crippen molar-refractivity contribution >= 4 is 131 Å². The Morgan fingerprint density at radius 2 is 0.479 bits per heavy atom. The maximum atomic E-state index is 6.35. The van der Waals surface area contributed by atoms with E-state index in [0.717, 1.165) is 266 Å². The van der Waals surface area contributed by atoms with Crippen molar-refractivity contribution in [2.75, 3.05) is 0 Å². The second-order valence-corrected chi connectivity index (χ2v) is 34.5. The predicted molar refractivity (Wildman–Crippen MR) is 572 cm³/mol. The quantitative estimate of drug-likeness (QED) is 0.114. The molecule has 0 radical (unpaired) electrons. The van der Waals surface area contributed by atoms with Crippen LogP contribution in [0.4, 0.5) is 0 Å². The van der Waals surface area contributed by atoms with Crippen LogP contribution in [-0.2, 0) is 0 Å². The molecule has 28 aromatic rings. The molecule has 0 spiro atoms. The van der Waals surface area contributed by atoms with E-state index in [4.69, 9.17) is 52.6 Å². The predicted octanol–water partition coefficient (Wildman–Crippen LogP) is 34.1. The molecular weight excluding hydrogens is 1710 g/mol. The third-order valence-electron chi connectivity index (χ3n) is 26.0. The van der Waals surface area contributed by atoms with Crippen LogP contribution in [0.2, 0.25) is 0 Å². The van der Waals surface area contributed by atoms with Crippen LogP contribution in [0.1, 0.15) is 0 Å². The van der Waals surface area contributed by atoms with Crippen molar-refractivity contribution in [2.24, 2.45) is 0 Å². The lowest BCUT2D eigenvalue weighted by molar-refractivity contribution is 0.669. The van der Waals surface area contributed by atoms with Gasteiger partial charge in [0.05, 0.1) is 61.7 Å². The smallest absolute Gasteiger partial charge is 0.160 e. The number of benzene rings is 19. The maximum absolute atomic E-state index is 6.35. The average molecular weight is 1790 g/mol. The Morgan fingerprint density at radius 3 is 0.950 bits per heavy atom. The molecule has 9 aromatic heterocycles. The molecule has 12 nitrogen and oxygen atoms in total. The third kappa shape index (κ3) is 15.6. The van der Waals surface area contributed by atoms with Gasteiger partial charge in [0.15, 0.2) is 11.6 Å². The number of rotatable bonds is 12. The van der Waals surface area contributed by atoms with Crippen LogP contribution in [0.15, 0.2) is 503 Å². The summed E-state index contributed by atoms with van der Waals surface area (Å²) in [5, 5.41) is 12.1. The van der Waals surface area contributed by atoms with Crippen LogP contribution in [0, 0.1) is 0 Å². The van der Waals surface area contributed by atoms with E-state index in [9.17, 15) is 0 Å². The third-order valence-corrected chi connectivity index (χ3v) is 26.0. The molecule has 0 atom stereocenters. The Morgan fingerprint density at radius 1 is 0.150 bits per heavy atom. The summed E-state index contributed by atoms with van der Waals surface area (Å²) in [6.07, 6.45) is 1.83. The Hall–Kier alpha value is -19.0. The van der Waals surface area contributed by atoms with E-state index in [1.54, 1.807) is 0 Å². The van der Waals surface area contributed by atoms with Gasteiger partial charge in [-0.05, 0) is 89.5 Å². The second kappa shape index (κ2) is 36.1. The van der Waals surface area contributed by atoms with Crippen molar-refractivity contribution in [1.29, 1.82) is 0 Å². The van der Waals surface area contributed by atoms with Crippen molar-refractivity contribution < 1.29 is 17.7 Å². The molecule has 28 rings (SSSR count). The number of pyridine rings is 2. The van der Waals surface area contributed by atoms with Gasteiger partial charge in [-0.25, -0.2) is 34.9 Å². The number of fused-ring (bicyclic) bond motifs is 16. The zero-order chi connectivity index (χ0) is 92.8. The molecule has 0 N–H and O–H groups in total. The average Bonchev–Trinajstić information content (AvgIpc) is 1.40. The highest BCUT2D eigenvalue weighted by Crippen LogP contribution is 2.46. The van der Waals surface area contributed by atoms with Crippen LogP contribution < -0.4 is 0 Å². The summed E-state index contributed by atoms with van der Waals surface area (Å²) < 4.78 is 25.2. The number of hydrogen-bond donors (Lipinski definition) is 0. The number of hydrogen-bond acceptors (Lipinski definition) is 12. The first-order valence-corrected chi connectivity index (χ1v) is 46.7. The van der Waals surface area contributed by atoms with Crippen molar-refractivity contribution in [3.8, 4) is 135 Å². The number of furan rings is 4. The molecular formula is C128H80N8O4. The molecule has 0 unspecified atom stereocenters. The fourth-order valence-electron chi connectivity index (χ4n) is 19.3. The normalized spacial score (nSPS) is 11.4. The molecule has 0 amide bonds.